The van der Waals surface area contributed by atoms with E-state index in [1.807, 2.05) is 0 Å². The Morgan fingerprint density at radius 3 is 2.53 bits per heavy atom. The van der Waals surface area contributed by atoms with Gasteiger partial charge in [0.1, 0.15) is 0 Å². The van der Waals surface area contributed by atoms with Crippen molar-refractivity contribution in [1.29, 1.82) is 0 Å². The summed E-state index contributed by atoms with van der Waals surface area (Å²) in [6, 6.07) is 6.66. The van der Waals surface area contributed by atoms with Gasteiger partial charge in [-0.15, -0.1) is 0 Å². The van der Waals surface area contributed by atoms with Gasteiger partial charge in [-0.3, -0.25) is 4.79 Å². The van der Waals surface area contributed by atoms with Crippen molar-refractivity contribution in [3.63, 3.8) is 0 Å². The zero-order valence-corrected chi connectivity index (χ0v) is 23.0. The summed E-state index contributed by atoms with van der Waals surface area (Å²) in [4.78, 5) is 18.1. The van der Waals surface area contributed by atoms with Crippen molar-refractivity contribution in [1.82, 2.24) is 4.90 Å². The van der Waals surface area contributed by atoms with E-state index in [-0.39, 0.29) is 5.91 Å². The standard InChI is InChI=1S/C33H44N2O/c1-7-9-27-20-26-11-12-28(21-29(26)22-30(18-23(3)4)31(27)8-2)33(36)35-16-14-34(15-17-35)32-13-10-24(5)19-25(32)6/h7-10,12-13,19,21,23,26,30H,2,11,14-18,20,22H2,1,3-6H3/b9-7-. The Morgan fingerprint density at radius 2 is 1.89 bits per heavy atom. The molecule has 1 fully saturated rings. The highest BCUT2D eigenvalue weighted by atomic mass is 16.2. The average molecular weight is 485 g/mol. The molecule has 3 heteroatoms. The summed E-state index contributed by atoms with van der Waals surface area (Å²) in [5.74, 6) is 1.79. The van der Waals surface area contributed by atoms with Crippen LogP contribution in [-0.2, 0) is 4.79 Å². The maximum atomic E-state index is 13.6. The van der Waals surface area contributed by atoms with Crippen LogP contribution in [0.2, 0.25) is 0 Å². The van der Waals surface area contributed by atoms with Crippen LogP contribution in [0.5, 0.6) is 0 Å². The van der Waals surface area contributed by atoms with E-state index in [0.29, 0.717) is 17.8 Å². The van der Waals surface area contributed by atoms with Crippen molar-refractivity contribution in [2.45, 2.75) is 60.3 Å². The van der Waals surface area contributed by atoms with Gasteiger partial charge in [-0.2, -0.15) is 0 Å². The van der Waals surface area contributed by atoms with Crippen molar-refractivity contribution in [3.8, 4) is 0 Å². The minimum atomic E-state index is 0.205. The molecule has 36 heavy (non-hydrogen) atoms. The van der Waals surface area contributed by atoms with E-state index in [0.717, 1.165) is 57.4 Å². The first-order valence-electron chi connectivity index (χ1n) is 13.8. The van der Waals surface area contributed by atoms with Crippen molar-refractivity contribution in [2.24, 2.45) is 17.8 Å². The lowest BCUT2D eigenvalue weighted by atomic mass is 9.80. The van der Waals surface area contributed by atoms with Gasteiger partial charge < -0.3 is 9.80 Å². The summed E-state index contributed by atoms with van der Waals surface area (Å²) in [7, 11) is 0. The molecule has 1 aliphatic heterocycles. The monoisotopic (exact) mass is 484 g/mol. The smallest absolute Gasteiger partial charge is 0.253 e. The lowest BCUT2D eigenvalue weighted by molar-refractivity contribution is -0.127. The first-order chi connectivity index (χ1) is 17.3. The van der Waals surface area contributed by atoms with Crippen LogP contribution in [0.15, 0.2) is 77.5 Å². The normalized spacial score (nSPS) is 22.9. The third-order valence-corrected chi connectivity index (χ3v) is 8.10. The summed E-state index contributed by atoms with van der Waals surface area (Å²) in [5, 5.41) is 0. The molecule has 1 aromatic carbocycles. The Balaban J connectivity index is 1.48. The fourth-order valence-corrected chi connectivity index (χ4v) is 6.36. The van der Waals surface area contributed by atoms with Crippen LogP contribution in [0, 0.1) is 31.6 Å². The second-order valence-electron chi connectivity index (χ2n) is 11.3. The summed E-state index contributed by atoms with van der Waals surface area (Å²) >= 11 is 0. The molecule has 1 amide bonds. The zero-order valence-electron chi connectivity index (χ0n) is 23.0. The number of allylic oxidation sites excluding steroid dienone is 7. The third kappa shape index (κ3) is 5.77. The number of benzene rings is 1. The molecule has 3 nitrogen and oxygen atoms in total. The number of carbonyl (C=O) groups excluding carboxylic acids is 1. The van der Waals surface area contributed by atoms with E-state index in [4.69, 9.17) is 0 Å². The Morgan fingerprint density at radius 1 is 1.14 bits per heavy atom. The van der Waals surface area contributed by atoms with Crippen molar-refractivity contribution in [2.75, 3.05) is 31.1 Å². The van der Waals surface area contributed by atoms with E-state index >= 15 is 0 Å². The lowest BCUT2D eigenvalue weighted by Crippen LogP contribution is -2.49. The Kier molecular flexibility index (Phi) is 8.39. The van der Waals surface area contributed by atoms with E-state index in [1.165, 1.54) is 33.5 Å². The summed E-state index contributed by atoms with van der Waals surface area (Å²) in [6.07, 6.45) is 15.2. The SMILES string of the molecule is C=CC1=C(/C=C\C)CC2CC=C(C(=O)N3CCN(c4ccc(C)cc4C)CC3)C=C2CC1CC(C)C. The van der Waals surface area contributed by atoms with Crippen LogP contribution < -0.4 is 4.90 Å². The number of anilines is 1. The molecule has 1 aromatic rings. The van der Waals surface area contributed by atoms with Crippen molar-refractivity contribution < 1.29 is 4.79 Å². The van der Waals surface area contributed by atoms with Crippen LogP contribution in [0.25, 0.3) is 0 Å². The molecule has 2 aliphatic carbocycles. The fraction of sp³-hybridized carbons (Fsp3) is 0.485. The Labute approximate surface area is 219 Å². The Bertz CT molecular complexity index is 1110. The number of hydrogen-bond donors (Lipinski definition) is 0. The molecule has 3 aliphatic rings. The van der Waals surface area contributed by atoms with Crippen LogP contribution in [0.4, 0.5) is 5.69 Å². The molecule has 0 spiro atoms. The van der Waals surface area contributed by atoms with Gasteiger partial charge in [0.15, 0.2) is 0 Å². The van der Waals surface area contributed by atoms with Crippen molar-refractivity contribution >= 4 is 11.6 Å². The molecule has 1 heterocycles. The summed E-state index contributed by atoms with van der Waals surface area (Å²) in [5.41, 5.74) is 9.10. The average Bonchev–Trinajstić information content (AvgIpc) is 2.98. The number of fused-ring (bicyclic) bond motifs is 1. The molecule has 4 rings (SSSR count). The van der Waals surface area contributed by atoms with E-state index < -0.39 is 0 Å². The topological polar surface area (TPSA) is 23.6 Å². The number of amides is 1. The number of rotatable bonds is 6. The van der Waals surface area contributed by atoms with Crippen LogP contribution >= 0.6 is 0 Å². The molecule has 2 unspecified atom stereocenters. The predicted molar refractivity (Wildman–Crippen MR) is 153 cm³/mol. The maximum Gasteiger partial charge on any atom is 0.253 e. The van der Waals surface area contributed by atoms with Gasteiger partial charge in [0, 0.05) is 37.4 Å². The van der Waals surface area contributed by atoms with Gasteiger partial charge in [0.25, 0.3) is 5.91 Å². The number of nitrogens with zero attached hydrogens (tertiary/aromatic N) is 2. The van der Waals surface area contributed by atoms with E-state index in [9.17, 15) is 4.79 Å². The highest BCUT2D eigenvalue weighted by Gasteiger charge is 2.31. The molecular formula is C33H44N2O. The first-order valence-corrected chi connectivity index (χ1v) is 13.8. The predicted octanol–water partition coefficient (Wildman–Crippen LogP) is 7.34. The highest BCUT2D eigenvalue weighted by molar-refractivity contribution is 5.96. The summed E-state index contributed by atoms with van der Waals surface area (Å²) in [6.45, 7) is 18.5. The van der Waals surface area contributed by atoms with Gasteiger partial charge in [-0.1, -0.05) is 74.1 Å². The van der Waals surface area contributed by atoms with Crippen LogP contribution in [0.1, 0.15) is 57.6 Å². The van der Waals surface area contributed by atoms with E-state index in [2.05, 4.69) is 99.6 Å². The van der Waals surface area contributed by atoms with E-state index in [1.54, 1.807) is 0 Å². The maximum absolute atomic E-state index is 13.6. The molecular weight excluding hydrogens is 440 g/mol. The lowest BCUT2D eigenvalue weighted by Gasteiger charge is -2.37. The molecule has 1 saturated heterocycles. The number of carbonyl (C=O) groups is 1. The minimum Gasteiger partial charge on any atom is -0.368 e. The van der Waals surface area contributed by atoms with Gasteiger partial charge >= 0.3 is 0 Å². The largest absolute Gasteiger partial charge is 0.368 e. The van der Waals surface area contributed by atoms with Gasteiger partial charge in [0.2, 0.25) is 0 Å². The molecule has 2 atom stereocenters. The number of hydrogen-bond acceptors (Lipinski definition) is 2. The second kappa shape index (κ2) is 11.5. The quantitative estimate of drug-likeness (QED) is 0.422. The fourth-order valence-electron chi connectivity index (χ4n) is 6.36. The zero-order chi connectivity index (χ0) is 25.8. The second-order valence-corrected chi connectivity index (χ2v) is 11.3. The molecule has 0 radical (unpaired) electrons. The molecule has 0 N–H and O–H groups in total. The van der Waals surface area contributed by atoms with Crippen LogP contribution in [0.3, 0.4) is 0 Å². The summed E-state index contributed by atoms with van der Waals surface area (Å²) < 4.78 is 0. The third-order valence-electron chi connectivity index (χ3n) is 8.10. The molecule has 0 bridgehead atoms. The first kappa shape index (κ1) is 26.3. The van der Waals surface area contributed by atoms with Crippen LogP contribution in [-0.4, -0.2) is 37.0 Å². The minimum absolute atomic E-state index is 0.205. The van der Waals surface area contributed by atoms with Gasteiger partial charge in [-0.25, -0.2) is 0 Å². The highest BCUT2D eigenvalue weighted by Crippen LogP contribution is 2.43. The number of aryl methyl sites for hydroxylation is 2. The Hall–Kier alpha value is -2.81. The molecule has 0 aromatic heterocycles. The molecule has 0 saturated carbocycles. The number of piperazine rings is 1. The van der Waals surface area contributed by atoms with Gasteiger partial charge in [-0.05, 0) is 87.0 Å². The van der Waals surface area contributed by atoms with Crippen molar-refractivity contribution in [3.05, 3.63) is 88.6 Å². The van der Waals surface area contributed by atoms with Gasteiger partial charge in [0.05, 0.1) is 0 Å². The molecule has 192 valence electrons.